The fourth-order valence-electron chi connectivity index (χ4n) is 2.60. The van der Waals surface area contributed by atoms with Gasteiger partial charge in [0.2, 0.25) is 0 Å². The Morgan fingerprint density at radius 3 is 3.09 bits per heavy atom. The zero-order valence-electron chi connectivity index (χ0n) is 12.7. The standard InChI is InChI=1S/C16H21N5O/c1-22-11-14-8-15(19-13-5-3-7-18-10-13)21-16(20-14)12-4-2-6-17-9-12/h2,4,6,8-9,13,18H,3,5,7,10-11H2,1H3,(H,19,20,21). The Balaban J connectivity index is 1.86. The number of nitrogens with one attached hydrogen (secondary N) is 2. The number of methoxy groups -OCH3 is 1. The highest BCUT2D eigenvalue weighted by atomic mass is 16.5. The molecular weight excluding hydrogens is 278 g/mol. The highest BCUT2D eigenvalue weighted by Crippen LogP contribution is 2.19. The minimum absolute atomic E-state index is 0.404. The molecule has 1 unspecified atom stereocenters. The molecule has 1 aliphatic heterocycles. The fourth-order valence-corrected chi connectivity index (χ4v) is 2.60. The molecule has 0 saturated carbocycles. The van der Waals surface area contributed by atoms with E-state index in [0.29, 0.717) is 18.5 Å². The molecular formula is C16H21N5O. The van der Waals surface area contributed by atoms with Crippen molar-refractivity contribution in [3.63, 3.8) is 0 Å². The average Bonchev–Trinajstić information content (AvgIpc) is 2.57. The molecule has 2 N–H and O–H groups in total. The number of anilines is 1. The molecule has 0 aliphatic carbocycles. The van der Waals surface area contributed by atoms with Gasteiger partial charge in [-0.15, -0.1) is 0 Å². The number of pyridine rings is 1. The zero-order valence-corrected chi connectivity index (χ0v) is 12.7. The van der Waals surface area contributed by atoms with Crippen molar-refractivity contribution >= 4 is 5.82 Å². The van der Waals surface area contributed by atoms with Gasteiger partial charge in [-0.25, -0.2) is 9.97 Å². The first-order valence-electron chi connectivity index (χ1n) is 7.59. The molecule has 116 valence electrons. The summed E-state index contributed by atoms with van der Waals surface area (Å²) in [5.74, 6) is 1.52. The maximum absolute atomic E-state index is 5.22. The van der Waals surface area contributed by atoms with Gasteiger partial charge in [-0.3, -0.25) is 4.98 Å². The topological polar surface area (TPSA) is 72.0 Å². The molecule has 22 heavy (non-hydrogen) atoms. The number of rotatable bonds is 5. The van der Waals surface area contributed by atoms with E-state index in [4.69, 9.17) is 4.74 Å². The van der Waals surface area contributed by atoms with Crippen LogP contribution in [0.25, 0.3) is 11.4 Å². The molecule has 0 aromatic carbocycles. The minimum atomic E-state index is 0.404. The van der Waals surface area contributed by atoms with Gasteiger partial charge in [0.05, 0.1) is 12.3 Å². The summed E-state index contributed by atoms with van der Waals surface area (Å²) in [6.07, 6.45) is 5.86. The van der Waals surface area contributed by atoms with Gasteiger partial charge in [0.25, 0.3) is 0 Å². The number of hydrogen-bond acceptors (Lipinski definition) is 6. The van der Waals surface area contributed by atoms with E-state index >= 15 is 0 Å². The minimum Gasteiger partial charge on any atom is -0.378 e. The molecule has 1 saturated heterocycles. The van der Waals surface area contributed by atoms with E-state index < -0.39 is 0 Å². The molecule has 0 bridgehead atoms. The molecule has 1 atom stereocenters. The van der Waals surface area contributed by atoms with Crippen molar-refractivity contribution in [3.8, 4) is 11.4 Å². The lowest BCUT2D eigenvalue weighted by Crippen LogP contribution is -2.38. The highest BCUT2D eigenvalue weighted by Gasteiger charge is 2.14. The summed E-state index contributed by atoms with van der Waals surface area (Å²) in [7, 11) is 1.67. The number of nitrogens with zero attached hydrogens (tertiary/aromatic N) is 3. The first-order chi connectivity index (χ1) is 10.8. The molecule has 6 nitrogen and oxygen atoms in total. The Morgan fingerprint density at radius 1 is 1.41 bits per heavy atom. The monoisotopic (exact) mass is 299 g/mol. The second-order valence-electron chi connectivity index (χ2n) is 5.43. The normalized spacial score (nSPS) is 18.1. The molecule has 0 amide bonds. The zero-order chi connectivity index (χ0) is 15.2. The molecule has 3 heterocycles. The van der Waals surface area contributed by atoms with Gasteiger partial charge in [-0.2, -0.15) is 0 Å². The molecule has 6 heteroatoms. The molecule has 2 aromatic rings. The van der Waals surface area contributed by atoms with E-state index in [1.54, 1.807) is 19.5 Å². The molecule has 0 radical (unpaired) electrons. The summed E-state index contributed by atoms with van der Waals surface area (Å²) in [5.41, 5.74) is 1.77. The fraction of sp³-hybridized carbons (Fsp3) is 0.438. The number of ether oxygens (including phenoxy) is 1. The van der Waals surface area contributed by atoms with E-state index in [1.165, 1.54) is 6.42 Å². The Hall–Kier alpha value is -2.05. The third-order valence-corrected chi connectivity index (χ3v) is 3.64. The third-order valence-electron chi connectivity index (χ3n) is 3.64. The second-order valence-corrected chi connectivity index (χ2v) is 5.43. The summed E-state index contributed by atoms with van der Waals surface area (Å²) in [5, 5.41) is 6.90. The molecule has 1 aliphatic rings. The van der Waals surface area contributed by atoms with E-state index in [-0.39, 0.29) is 0 Å². The predicted octanol–water partition coefficient (Wildman–Crippen LogP) is 1.85. The van der Waals surface area contributed by atoms with Gasteiger partial charge in [0, 0.05) is 43.7 Å². The average molecular weight is 299 g/mol. The molecule has 3 rings (SSSR count). The summed E-state index contributed by atoms with van der Waals surface area (Å²) in [6.45, 7) is 2.52. The smallest absolute Gasteiger partial charge is 0.163 e. The van der Waals surface area contributed by atoms with E-state index in [2.05, 4.69) is 25.6 Å². The van der Waals surface area contributed by atoms with Gasteiger partial charge < -0.3 is 15.4 Å². The lowest BCUT2D eigenvalue weighted by Gasteiger charge is -2.24. The number of piperidine rings is 1. The molecule has 0 spiro atoms. The van der Waals surface area contributed by atoms with Crippen LogP contribution in [0, 0.1) is 0 Å². The van der Waals surface area contributed by atoms with Crippen LogP contribution in [-0.4, -0.2) is 41.2 Å². The Labute approximate surface area is 130 Å². The van der Waals surface area contributed by atoms with Gasteiger partial charge in [-0.1, -0.05) is 0 Å². The van der Waals surface area contributed by atoms with Crippen LogP contribution in [0.2, 0.25) is 0 Å². The van der Waals surface area contributed by atoms with Crippen LogP contribution in [0.15, 0.2) is 30.6 Å². The van der Waals surface area contributed by atoms with Crippen molar-refractivity contribution in [3.05, 3.63) is 36.3 Å². The first-order valence-corrected chi connectivity index (χ1v) is 7.59. The van der Waals surface area contributed by atoms with Gasteiger partial charge in [-0.05, 0) is 31.5 Å². The summed E-state index contributed by atoms with van der Waals surface area (Å²) < 4.78 is 5.22. The van der Waals surface area contributed by atoms with Crippen LogP contribution in [0.4, 0.5) is 5.82 Å². The molecule has 1 fully saturated rings. The highest BCUT2D eigenvalue weighted by molar-refractivity contribution is 5.56. The van der Waals surface area contributed by atoms with Crippen LogP contribution in [0.5, 0.6) is 0 Å². The summed E-state index contributed by atoms with van der Waals surface area (Å²) >= 11 is 0. The quantitative estimate of drug-likeness (QED) is 0.878. The van der Waals surface area contributed by atoms with E-state index in [0.717, 1.165) is 36.6 Å². The summed E-state index contributed by atoms with van der Waals surface area (Å²) in [6, 6.07) is 6.21. The van der Waals surface area contributed by atoms with Crippen molar-refractivity contribution in [2.75, 3.05) is 25.5 Å². The van der Waals surface area contributed by atoms with Gasteiger partial charge >= 0.3 is 0 Å². The third kappa shape index (κ3) is 3.78. The van der Waals surface area contributed by atoms with Crippen molar-refractivity contribution in [2.45, 2.75) is 25.5 Å². The Bertz CT molecular complexity index is 599. The maximum Gasteiger partial charge on any atom is 0.163 e. The Morgan fingerprint density at radius 2 is 2.36 bits per heavy atom. The van der Waals surface area contributed by atoms with E-state index in [1.807, 2.05) is 18.2 Å². The maximum atomic E-state index is 5.22. The largest absolute Gasteiger partial charge is 0.378 e. The Kier molecular flexibility index (Phi) is 4.92. The lowest BCUT2D eigenvalue weighted by molar-refractivity contribution is 0.181. The van der Waals surface area contributed by atoms with Crippen molar-refractivity contribution in [1.82, 2.24) is 20.3 Å². The molecule has 2 aromatic heterocycles. The predicted molar refractivity (Wildman–Crippen MR) is 85.5 cm³/mol. The SMILES string of the molecule is COCc1cc(NC2CCCNC2)nc(-c2cccnc2)n1. The van der Waals surface area contributed by atoms with Crippen molar-refractivity contribution in [1.29, 1.82) is 0 Å². The number of hydrogen-bond donors (Lipinski definition) is 2. The van der Waals surface area contributed by atoms with Crippen molar-refractivity contribution < 1.29 is 4.74 Å². The van der Waals surface area contributed by atoms with Crippen LogP contribution >= 0.6 is 0 Å². The first kappa shape index (κ1) is 14.9. The van der Waals surface area contributed by atoms with Gasteiger partial charge in [0.1, 0.15) is 5.82 Å². The second kappa shape index (κ2) is 7.29. The summed E-state index contributed by atoms with van der Waals surface area (Å²) in [4.78, 5) is 13.3. The van der Waals surface area contributed by atoms with Crippen LogP contribution in [0.3, 0.4) is 0 Å². The van der Waals surface area contributed by atoms with Crippen LogP contribution in [-0.2, 0) is 11.3 Å². The van der Waals surface area contributed by atoms with Crippen molar-refractivity contribution in [2.24, 2.45) is 0 Å². The number of aromatic nitrogens is 3. The lowest BCUT2D eigenvalue weighted by atomic mass is 10.1. The van der Waals surface area contributed by atoms with Gasteiger partial charge in [0.15, 0.2) is 5.82 Å². The van der Waals surface area contributed by atoms with E-state index in [9.17, 15) is 0 Å². The van der Waals surface area contributed by atoms with Crippen LogP contribution in [0.1, 0.15) is 18.5 Å². The van der Waals surface area contributed by atoms with Crippen LogP contribution < -0.4 is 10.6 Å².